The number of β-amino-alcohol motifs (C(OH)–C–C–N with tert-alkyl or cyclic N) is 1. The highest BCUT2D eigenvalue weighted by molar-refractivity contribution is 5.68. The molecule has 1 fully saturated rings. The molecule has 1 rings (SSSR count). The summed E-state index contributed by atoms with van der Waals surface area (Å²) in [6.07, 6.45) is 0.726. The van der Waals surface area contributed by atoms with Crippen LogP contribution in [-0.4, -0.2) is 65.2 Å². The van der Waals surface area contributed by atoms with Gasteiger partial charge in [0.1, 0.15) is 5.60 Å². The molecule has 1 heterocycles. The molecule has 1 atom stereocenters. The fourth-order valence-corrected chi connectivity index (χ4v) is 2.03. The number of hydrogen-bond donors (Lipinski definition) is 3. The van der Waals surface area contributed by atoms with Crippen LogP contribution in [0.4, 0.5) is 4.79 Å². The summed E-state index contributed by atoms with van der Waals surface area (Å²) < 4.78 is 5.28. The predicted molar refractivity (Wildman–Crippen MR) is 71.9 cm³/mol. The second-order valence-corrected chi connectivity index (χ2v) is 6.09. The molecule has 6 heteroatoms. The summed E-state index contributed by atoms with van der Waals surface area (Å²) in [4.78, 5) is 13.4. The molecule has 1 aliphatic heterocycles. The molecule has 1 unspecified atom stereocenters. The number of ether oxygens (including phenoxy) is 1. The van der Waals surface area contributed by atoms with Gasteiger partial charge in [-0.1, -0.05) is 0 Å². The quantitative estimate of drug-likeness (QED) is 0.673. The summed E-state index contributed by atoms with van der Waals surface area (Å²) in [6.45, 7) is 7.24. The van der Waals surface area contributed by atoms with Crippen molar-refractivity contribution in [1.82, 2.24) is 10.2 Å². The molecule has 19 heavy (non-hydrogen) atoms. The van der Waals surface area contributed by atoms with Crippen molar-refractivity contribution in [3.05, 3.63) is 0 Å². The number of amides is 1. The van der Waals surface area contributed by atoms with Gasteiger partial charge in [-0.05, 0) is 40.2 Å². The zero-order valence-electron chi connectivity index (χ0n) is 12.1. The number of rotatable bonds is 5. The van der Waals surface area contributed by atoms with Crippen molar-refractivity contribution in [1.29, 1.82) is 0 Å². The Morgan fingerprint density at radius 1 is 1.42 bits per heavy atom. The van der Waals surface area contributed by atoms with Gasteiger partial charge in [0.25, 0.3) is 0 Å². The monoisotopic (exact) mass is 274 g/mol. The van der Waals surface area contributed by atoms with Gasteiger partial charge in [-0.25, -0.2) is 4.79 Å². The van der Waals surface area contributed by atoms with E-state index in [0.717, 1.165) is 6.54 Å². The van der Waals surface area contributed by atoms with Crippen molar-refractivity contribution in [3.8, 4) is 0 Å². The second-order valence-electron chi connectivity index (χ2n) is 6.09. The topological polar surface area (TPSA) is 82.0 Å². The molecule has 3 N–H and O–H groups in total. The first-order chi connectivity index (χ1) is 8.76. The Balaban J connectivity index is 2.50. The van der Waals surface area contributed by atoms with E-state index in [9.17, 15) is 9.90 Å². The molecule has 0 spiro atoms. The maximum Gasteiger partial charge on any atom is 0.410 e. The average Bonchev–Trinajstić information content (AvgIpc) is 2.69. The minimum Gasteiger partial charge on any atom is -0.444 e. The van der Waals surface area contributed by atoms with E-state index in [4.69, 9.17) is 9.84 Å². The highest BCUT2D eigenvalue weighted by Crippen LogP contribution is 2.19. The lowest BCUT2D eigenvalue weighted by Crippen LogP contribution is -2.42. The first kappa shape index (κ1) is 16.2. The summed E-state index contributed by atoms with van der Waals surface area (Å²) in [5.41, 5.74) is -1.31. The Labute approximate surface area is 114 Å². The SMILES string of the molecule is CC(C)(C)OC(=O)N(CCO)CCC1(O)CCNC1. The number of aliphatic hydroxyl groups is 2. The normalized spacial score (nSPS) is 23.4. The van der Waals surface area contributed by atoms with Gasteiger partial charge >= 0.3 is 6.09 Å². The molecule has 0 aromatic carbocycles. The fourth-order valence-electron chi connectivity index (χ4n) is 2.03. The van der Waals surface area contributed by atoms with Crippen LogP contribution in [0.2, 0.25) is 0 Å². The van der Waals surface area contributed by atoms with Crippen molar-refractivity contribution in [2.24, 2.45) is 0 Å². The number of nitrogens with one attached hydrogen (secondary N) is 1. The minimum atomic E-state index is -0.754. The Kier molecular flexibility index (Phi) is 5.58. The van der Waals surface area contributed by atoms with Gasteiger partial charge < -0.3 is 25.2 Å². The summed E-state index contributed by atoms with van der Waals surface area (Å²) in [5.74, 6) is 0. The molecule has 1 aliphatic rings. The van der Waals surface area contributed by atoms with Crippen LogP contribution in [-0.2, 0) is 4.74 Å². The van der Waals surface area contributed by atoms with E-state index in [-0.39, 0.29) is 13.2 Å². The zero-order valence-corrected chi connectivity index (χ0v) is 12.1. The molecule has 0 aliphatic carbocycles. The molecule has 1 amide bonds. The van der Waals surface area contributed by atoms with E-state index < -0.39 is 17.3 Å². The van der Waals surface area contributed by atoms with Crippen molar-refractivity contribution >= 4 is 6.09 Å². The molecule has 6 nitrogen and oxygen atoms in total. The van der Waals surface area contributed by atoms with Gasteiger partial charge in [-0.3, -0.25) is 0 Å². The Morgan fingerprint density at radius 3 is 2.58 bits per heavy atom. The standard InChI is InChI=1S/C13H26N2O4/c1-12(2,3)19-11(17)15(8-9-16)7-5-13(18)4-6-14-10-13/h14,16,18H,4-10H2,1-3H3. The van der Waals surface area contributed by atoms with Crippen molar-refractivity contribution in [3.63, 3.8) is 0 Å². The largest absolute Gasteiger partial charge is 0.444 e. The highest BCUT2D eigenvalue weighted by atomic mass is 16.6. The van der Waals surface area contributed by atoms with Gasteiger partial charge in [-0.2, -0.15) is 0 Å². The Hall–Kier alpha value is -0.850. The average molecular weight is 274 g/mol. The van der Waals surface area contributed by atoms with Crippen LogP contribution in [0.25, 0.3) is 0 Å². The third-order valence-corrected chi connectivity index (χ3v) is 3.09. The highest BCUT2D eigenvalue weighted by Gasteiger charge is 2.32. The van der Waals surface area contributed by atoms with Gasteiger partial charge in [0, 0.05) is 19.6 Å². The molecule has 0 aromatic rings. The van der Waals surface area contributed by atoms with E-state index in [0.29, 0.717) is 25.9 Å². The molecule has 0 bridgehead atoms. The first-order valence-corrected chi connectivity index (χ1v) is 6.78. The van der Waals surface area contributed by atoms with Crippen LogP contribution in [0.1, 0.15) is 33.6 Å². The number of hydrogen-bond acceptors (Lipinski definition) is 5. The van der Waals surface area contributed by atoms with Crippen LogP contribution < -0.4 is 5.32 Å². The first-order valence-electron chi connectivity index (χ1n) is 6.78. The van der Waals surface area contributed by atoms with E-state index in [1.807, 2.05) is 0 Å². The molecule has 0 aromatic heterocycles. The van der Waals surface area contributed by atoms with Crippen LogP contribution in [0.15, 0.2) is 0 Å². The predicted octanol–water partition coefficient (Wildman–Crippen LogP) is 0.330. The number of carbonyl (C=O) groups excluding carboxylic acids is 1. The maximum absolute atomic E-state index is 12.0. The maximum atomic E-state index is 12.0. The van der Waals surface area contributed by atoms with Gasteiger partial charge in [0.15, 0.2) is 0 Å². The lowest BCUT2D eigenvalue weighted by atomic mass is 9.99. The van der Waals surface area contributed by atoms with E-state index >= 15 is 0 Å². The number of carbonyl (C=O) groups is 1. The molecule has 1 saturated heterocycles. The van der Waals surface area contributed by atoms with Gasteiger partial charge in [0.05, 0.1) is 12.2 Å². The third kappa shape index (κ3) is 5.76. The third-order valence-electron chi connectivity index (χ3n) is 3.09. The van der Waals surface area contributed by atoms with E-state index in [1.165, 1.54) is 4.90 Å². The van der Waals surface area contributed by atoms with E-state index in [1.54, 1.807) is 20.8 Å². The van der Waals surface area contributed by atoms with Crippen LogP contribution in [0, 0.1) is 0 Å². The second kappa shape index (κ2) is 6.54. The Bertz CT molecular complexity index is 296. The van der Waals surface area contributed by atoms with Crippen LogP contribution in [0.5, 0.6) is 0 Å². The molecule has 0 saturated carbocycles. The summed E-state index contributed by atoms with van der Waals surface area (Å²) in [6, 6.07) is 0. The smallest absolute Gasteiger partial charge is 0.410 e. The molecular weight excluding hydrogens is 248 g/mol. The van der Waals surface area contributed by atoms with Crippen molar-refractivity contribution in [2.45, 2.75) is 44.8 Å². The Morgan fingerprint density at radius 2 is 2.11 bits per heavy atom. The van der Waals surface area contributed by atoms with Gasteiger partial charge in [0.2, 0.25) is 0 Å². The van der Waals surface area contributed by atoms with Crippen LogP contribution in [0.3, 0.4) is 0 Å². The summed E-state index contributed by atoms with van der Waals surface area (Å²) >= 11 is 0. The molecule has 112 valence electrons. The van der Waals surface area contributed by atoms with Crippen molar-refractivity contribution < 1.29 is 19.7 Å². The lowest BCUT2D eigenvalue weighted by molar-refractivity contribution is 0.00866. The number of nitrogens with zero attached hydrogens (tertiary/aromatic N) is 1. The molecular formula is C13H26N2O4. The summed E-state index contributed by atoms with van der Waals surface area (Å²) in [7, 11) is 0. The number of aliphatic hydroxyl groups excluding tert-OH is 1. The van der Waals surface area contributed by atoms with Gasteiger partial charge in [-0.15, -0.1) is 0 Å². The fraction of sp³-hybridized carbons (Fsp3) is 0.923. The minimum absolute atomic E-state index is 0.115. The van der Waals surface area contributed by atoms with E-state index in [2.05, 4.69) is 5.32 Å². The molecule has 0 radical (unpaired) electrons. The lowest BCUT2D eigenvalue weighted by Gasteiger charge is -2.29. The van der Waals surface area contributed by atoms with Crippen molar-refractivity contribution in [2.75, 3.05) is 32.8 Å². The summed E-state index contributed by atoms with van der Waals surface area (Å²) in [5, 5.41) is 22.3. The zero-order chi connectivity index (χ0) is 14.5. The van der Waals surface area contributed by atoms with Crippen LogP contribution >= 0.6 is 0 Å².